The topological polar surface area (TPSA) is 68.3 Å². The molecule has 3 rings (SSSR count). The second-order valence-electron chi connectivity index (χ2n) is 4.63. The van der Waals surface area contributed by atoms with Crippen LogP contribution in [-0.4, -0.2) is 35.7 Å². The third kappa shape index (κ3) is 2.72. The molecule has 0 aliphatic heterocycles. The second-order valence-corrected chi connectivity index (χ2v) is 7.23. The van der Waals surface area contributed by atoms with Crippen molar-refractivity contribution in [1.29, 1.82) is 0 Å². The smallest absolute Gasteiger partial charge is 0.189 e. The summed E-state index contributed by atoms with van der Waals surface area (Å²) in [4.78, 5) is -2.25. The van der Waals surface area contributed by atoms with Gasteiger partial charge < -0.3 is 0 Å². The molecule has 0 aromatic heterocycles. The van der Waals surface area contributed by atoms with Crippen molar-refractivity contribution in [1.82, 2.24) is 0 Å². The van der Waals surface area contributed by atoms with Crippen LogP contribution in [0.15, 0.2) is 46.2 Å². The summed E-state index contributed by atoms with van der Waals surface area (Å²) in [7, 11) is -10.7. The Kier molecular flexibility index (Phi) is 4.26. The van der Waals surface area contributed by atoms with E-state index in [0.29, 0.717) is 11.1 Å². The number of hydrogen-bond donors (Lipinski definition) is 0. The van der Waals surface area contributed by atoms with Crippen LogP contribution in [-0.2, 0) is 26.9 Å². The van der Waals surface area contributed by atoms with Gasteiger partial charge in [-0.3, -0.25) is 0 Å². The zero-order valence-corrected chi connectivity index (χ0v) is 13.0. The molecule has 22 heavy (non-hydrogen) atoms. The summed E-state index contributed by atoms with van der Waals surface area (Å²) in [6, 6.07) is 8.94. The Morgan fingerprint density at radius 1 is 0.818 bits per heavy atom. The Balaban J connectivity index is 0.00000176. The van der Waals surface area contributed by atoms with E-state index in [0.717, 1.165) is 11.6 Å². The zero-order valence-electron chi connectivity index (χ0n) is 11.4. The molecule has 111 valence electrons. The van der Waals surface area contributed by atoms with Crippen molar-refractivity contribution in [2.45, 2.75) is 16.2 Å². The van der Waals surface area contributed by atoms with Gasteiger partial charge in [0.05, 0.1) is 0 Å². The summed E-state index contributed by atoms with van der Waals surface area (Å²) in [5.74, 6) is 0. The predicted molar refractivity (Wildman–Crippen MR) is 77.0 cm³/mol. The third-order valence-electron chi connectivity index (χ3n) is 3.41. The Labute approximate surface area is 138 Å². The molecule has 4 nitrogen and oxygen atoms in total. The first-order valence-corrected chi connectivity index (χ1v) is 8.60. The normalized spacial score (nSPS) is 13.2. The van der Waals surface area contributed by atoms with E-state index >= 15 is 0 Å². The molecule has 0 saturated carbocycles. The SMILES string of the molecule is O=S(=O)(F)c1ccc2c(c1S(=O)(=O)F)Cc1ccccc1-2.[Li]. The maximum atomic E-state index is 13.5. The van der Waals surface area contributed by atoms with E-state index in [1.54, 1.807) is 24.3 Å². The first kappa shape index (κ1) is 17.2. The van der Waals surface area contributed by atoms with Gasteiger partial charge >= 0.3 is 20.4 Å². The summed E-state index contributed by atoms with van der Waals surface area (Å²) < 4.78 is 71.6. The standard InChI is InChI=1S/C13H8F2O4S2.Li/c14-20(16,17)12-6-5-10-9-4-2-1-3-8(9)7-11(10)13(12)21(15,18)19;/h1-6H,7H2;. The number of fused-ring (bicyclic) bond motifs is 3. The molecule has 0 fully saturated rings. The Morgan fingerprint density at radius 3 is 2.05 bits per heavy atom. The summed E-state index contributed by atoms with van der Waals surface area (Å²) in [5, 5.41) is 0. The van der Waals surface area contributed by atoms with Crippen LogP contribution in [0.25, 0.3) is 11.1 Å². The van der Waals surface area contributed by atoms with Gasteiger partial charge in [0.15, 0.2) is 0 Å². The van der Waals surface area contributed by atoms with Crippen LogP contribution in [0.2, 0.25) is 0 Å². The van der Waals surface area contributed by atoms with Gasteiger partial charge in [0, 0.05) is 25.3 Å². The molecule has 2 aromatic rings. The van der Waals surface area contributed by atoms with Crippen molar-refractivity contribution >= 4 is 39.3 Å². The minimum absolute atomic E-state index is 0. The van der Waals surface area contributed by atoms with E-state index < -0.39 is 30.2 Å². The first-order chi connectivity index (χ1) is 9.69. The van der Waals surface area contributed by atoms with Crippen molar-refractivity contribution in [3.05, 3.63) is 47.5 Å². The molecule has 0 spiro atoms. The van der Waals surface area contributed by atoms with Gasteiger partial charge in [-0.1, -0.05) is 30.3 Å². The fourth-order valence-corrected chi connectivity index (χ4v) is 4.58. The molecule has 0 atom stereocenters. The zero-order chi connectivity index (χ0) is 15.4. The molecule has 1 aliphatic carbocycles. The van der Waals surface area contributed by atoms with E-state index in [1.807, 2.05) is 0 Å². The maximum absolute atomic E-state index is 13.5. The fraction of sp³-hybridized carbons (Fsp3) is 0.0769. The van der Waals surface area contributed by atoms with Gasteiger partial charge in [0.1, 0.15) is 9.79 Å². The van der Waals surface area contributed by atoms with Crippen LogP contribution >= 0.6 is 0 Å². The molecular weight excluding hydrogens is 329 g/mol. The van der Waals surface area contributed by atoms with Crippen LogP contribution in [0.1, 0.15) is 11.1 Å². The molecule has 0 bridgehead atoms. The maximum Gasteiger partial charge on any atom is 0.333 e. The van der Waals surface area contributed by atoms with Crippen LogP contribution < -0.4 is 0 Å². The van der Waals surface area contributed by atoms with Crippen LogP contribution in [0.5, 0.6) is 0 Å². The summed E-state index contributed by atoms with van der Waals surface area (Å²) in [5.41, 5.74) is 1.78. The first-order valence-electron chi connectivity index (χ1n) is 5.83. The molecule has 1 aliphatic rings. The molecule has 0 heterocycles. The number of benzene rings is 2. The van der Waals surface area contributed by atoms with Gasteiger partial charge in [-0.2, -0.15) is 16.8 Å². The molecule has 2 aromatic carbocycles. The van der Waals surface area contributed by atoms with E-state index in [1.165, 1.54) is 6.07 Å². The fourth-order valence-electron chi connectivity index (χ4n) is 2.62. The molecule has 1 radical (unpaired) electrons. The van der Waals surface area contributed by atoms with E-state index in [4.69, 9.17) is 0 Å². The Hall–Kier alpha value is -1.20. The Bertz CT molecular complexity index is 970. The van der Waals surface area contributed by atoms with Gasteiger partial charge in [-0.05, 0) is 28.3 Å². The van der Waals surface area contributed by atoms with Gasteiger partial charge in [-0.25, -0.2) is 0 Å². The average molecular weight is 337 g/mol. The number of hydrogen-bond acceptors (Lipinski definition) is 4. The summed E-state index contributed by atoms with van der Waals surface area (Å²) in [6.07, 6.45) is 0.0351. The van der Waals surface area contributed by atoms with Gasteiger partial charge in [-0.15, -0.1) is 7.77 Å². The van der Waals surface area contributed by atoms with Crippen molar-refractivity contribution in [2.75, 3.05) is 0 Å². The van der Waals surface area contributed by atoms with Crippen molar-refractivity contribution < 1.29 is 24.6 Å². The molecule has 9 heteroatoms. The van der Waals surface area contributed by atoms with Crippen molar-refractivity contribution in [3.63, 3.8) is 0 Å². The van der Waals surface area contributed by atoms with Crippen molar-refractivity contribution in [2.24, 2.45) is 0 Å². The summed E-state index contributed by atoms with van der Waals surface area (Å²) >= 11 is 0. The quantitative estimate of drug-likeness (QED) is 0.531. The van der Waals surface area contributed by atoms with Gasteiger partial charge in [0.2, 0.25) is 0 Å². The van der Waals surface area contributed by atoms with Crippen LogP contribution in [0, 0.1) is 0 Å². The van der Waals surface area contributed by atoms with E-state index in [2.05, 4.69) is 0 Å². The van der Waals surface area contributed by atoms with E-state index in [-0.39, 0.29) is 30.8 Å². The second kappa shape index (κ2) is 5.46. The molecule has 0 amide bonds. The van der Waals surface area contributed by atoms with Crippen LogP contribution in [0.3, 0.4) is 0 Å². The van der Waals surface area contributed by atoms with Gasteiger partial charge in [0.25, 0.3) is 0 Å². The Morgan fingerprint density at radius 2 is 1.45 bits per heavy atom. The van der Waals surface area contributed by atoms with Crippen molar-refractivity contribution in [3.8, 4) is 11.1 Å². The molecular formula is C13H8F2LiO4S2. The molecule has 0 saturated heterocycles. The monoisotopic (exact) mass is 337 g/mol. The molecule has 0 unspecified atom stereocenters. The third-order valence-corrected chi connectivity index (χ3v) is 5.35. The van der Waals surface area contributed by atoms with E-state index in [9.17, 15) is 24.6 Å². The number of halogens is 2. The minimum Gasteiger partial charge on any atom is -0.189 e. The largest absolute Gasteiger partial charge is 0.333 e. The molecule has 0 N–H and O–H groups in total. The van der Waals surface area contributed by atoms with Crippen LogP contribution in [0.4, 0.5) is 7.77 Å². The summed E-state index contributed by atoms with van der Waals surface area (Å²) in [6.45, 7) is 0. The number of rotatable bonds is 2. The predicted octanol–water partition coefficient (Wildman–Crippen LogP) is 2.19. The minimum atomic E-state index is -5.38. The average Bonchev–Trinajstić information content (AvgIpc) is 2.73.